The van der Waals surface area contributed by atoms with E-state index < -0.39 is 21.7 Å². The summed E-state index contributed by atoms with van der Waals surface area (Å²) >= 11 is 0. The number of anilines is 6. The summed E-state index contributed by atoms with van der Waals surface area (Å²) in [6, 6.07) is 25.1. The third-order valence-electron chi connectivity index (χ3n) is 22.8. The SMILES string of the molecule is CN(Cc1cc(C(C)(C)C)c(O)c(C(C)(C)C)c1)c1nc(N(C)Cc2cc(C(C)(C)C)c(O)c(C(C)(C)C)c2)nc(N(C)Cc2cc(C(C)(C)C)c(O)c(C(C)(C)CCC(C)(C)c3cc(CNc4nc(NCc5cc(C(C)(C)C)c(O)c(C(C)(C)C)c5)nc(NCc5cc(C(C)(C)C)c(O)c(C(C)(C)C)c5)n4)cc(C(C)(C)C)c3O)c2)n1. The number of aromatic hydroxyl groups is 6. The number of hydrogen-bond acceptors (Lipinski definition) is 18. The van der Waals surface area contributed by atoms with Gasteiger partial charge in [0.15, 0.2) is 0 Å². The van der Waals surface area contributed by atoms with Crippen molar-refractivity contribution in [1.82, 2.24) is 29.9 Å². The molecular weight excluding hydrogens is 1450 g/mol. The normalized spacial score (nSPS) is 13.3. The monoisotopic (exact) mass is 1600 g/mol. The van der Waals surface area contributed by atoms with E-state index in [0.29, 0.717) is 111 Å². The van der Waals surface area contributed by atoms with Crippen LogP contribution >= 0.6 is 0 Å². The minimum absolute atomic E-state index is 0.253. The molecule has 0 radical (unpaired) electrons. The Balaban J connectivity index is 1.14. The zero-order valence-electron chi connectivity index (χ0n) is 78.8. The maximum absolute atomic E-state index is 12.7. The lowest BCUT2D eigenvalue weighted by Gasteiger charge is -2.35. The lowest BCUT2D eigenvalue weighted by molar-refractivity contribution is 0.345. The van der Waals surface area contributed by atoms with Gasteiger partial charge in [0, 0.05) is 71.5 Å². The highest BCUT2D eigenvalue weighted by Gasteiger charge is 2.38. The Hall–Kier alpha value is -9.06. The molecule has 2 aromatic heterocycles. The highest BCUT2D eigenvalue weighted by atomic mass is 16.3. The molecule has 0 saturated heterocycles. The molecule has 0 aliphatic carbocycles. The molecule has 0 spiro atoms. The molecule has 117 heavy (non-hydrogen) atoms. The van der Waals surface area contributed by atoms with E-state index in [0.717, 1.165) is 100 Å². The van der Waals surface area contributed by atoms with Crippen LogP contribution in [0.5, 0.6) is 34.5 Å². The van der Waals surface area contributed by atoms with Crippen LogP contribution in [-0.4, -0.2) is 81.7 Å². The van der Waals surface area contributed by atoms with Crippen LogP contribution in [0.25, 0.3) is 0 Å². The van der Waals surface area contributed by atoms with E-state index in [4.69, 9.17) is 29.9 Å². The topological polar surface area (TPSA) is 245 Å². The van der Waals surface area contributed by atoms with E-state index in [1.165, 1.54) is 0 Å². The maximum atomic E-state index is 12.7. The second-order valence-electron chi connectivity index (χ2n) is 45.2. The van der Waals surface area contributed by atoms with Crippen molar-refractivity contribution in [2.75, 3.05) is 51.8 Å². The third-order valence-corrected chi connectivity index (χ3v) is 22.8. The molecule has 0 aliphatic heterocycles. The third kappa shape index (κ3) is 22.5. The van der Waals surface area contributed by atoms with Gasteiger partial charge in [0.25, 0.3) is 0 Å². The molecule has 6 aromatic carbocycles. The van der Waals surface area contributed by atoms with E-state index in [1.54, 1.807) is 0 Å². The van der Waals surface area contributed by atoms with Gasteiger partial charge in [-0.3, -0.25) is 0 Å². The number of aromatic nitrogens is 6. The number of phenolic OH excluding ortho intramolecular Hbond substituents is 6. The molecule has 0 unspecified atom stereocenters. The van der Waals surface area contributed by atoms with E-state index in [9.17, 15) is 30.6 Å². The van der Waals surface area contributed by atoms with Crippen molar-refractivity contribution in [2.24, 2.45) is 0 Å². The van der Waals surface area contributed by atoms with E-state index in [1.807, 2.05) is 30.9 Å². The van der Waals surface area contributed by atoms with E-state index in [-0.39, 0.29) is 54.8 Å². The van der Waals surface area contributed by atoms with Crippen molar-refractivity contribution in [3.05, 3.63) is 173 Å². The molecule has 0 amide bonds. The first-order valence-corrected chi connectivity index (χ1v) is 42.1. The average molecular weight is 1600 g/mol. The van der Waals surface area contributed by atoms with Crippen LogP contribution in [0, 0.1) is 0 Å². The predicted octanol–water partition coefficient (Wildman–Crippen LogP) is 23.0. The summed E-state index contributed by atoms with van der Waals surface area (Å²) in [4.78, 5) is 36.9. The minimum atomic E-state index is -0.591. The Labute approximate surface area is 704 Å². The lowest BCUT2D eigenvalue weighted by Crippen LogP contribution is -2.28. The fourth-order valence-electron chi connectivity index (χ4n) is 15.4. The molecule has 8 aromatic rings. The quantitative estimate of drug-likeness (QED) is 0.0289. The zero-order valence-corrected chi connectivity index (χ0v) is 78.8. The van der Waals surface area contributed by atoms with Gasteiger partial charge in [-0.2, -0.15) is 29.9 Å². The van der Waals surface area contributed by atoms with E-state index >= 15 is 0 Å². The van der Waals surface area contributed by atoms with Gasteiger partial charge in [-0.1, -0.05) is 235 Å². The number of rotatable bonds is 23. The Morgan fingerprint density at radius 1 is 0.222 bits per heavy atom. The van der Waals surface area contributed by atoms with Crippen molar-refractivity contribution in [1.29, 1.82) is 0 Å². The molecule has 0 fully saturated rings. The van der Waals surface area contributed by atoms with Crippen molar-refractivity contribution in [3.8, 4) is 34.5 Å². The van der Waals surface area contributed by atoms with Crippen molar-refractivity contribution >= 4 is 35.7 Å². The number of phenols is 6. The fourth-order valence-corrected chi connectivity index (χ4v) is 15.4. The Morgan fingerprint density at radius 2 is 0.368 bits per heavy atom. The molecule has 9 N–H and O–H groups in total. The highest BCUT2D eigenvalue weighted by Crippen LogP contribution is 2.50. The summed E-state index contributed by atoms with van der Waals surface area (Å²) in [6.07, 6.45) is 1.28. The van der Waals surface area contributed by atoms with Crippen LogP contribution in [0.2, 0.25) is 0 Å². The summed E-state index contributed by atoms with van der Waals surface area (Å²) in [5, 5.41) is 82.9. The Kier molecular flexibility index (Phi) is 26.3. The molecule has 0 aliphatic rings. The number of hydrogen-bond donors (Lipinski definition) is 9. The van der Waals surface area contributed by atoms with Crippen LogP contribution in [0.15, 0.2) is 72.8 Å². The first-order valence-electron chi connectivity index (χ1n) is 42.1. The van der Waals surface area contributed by atoms with E-state index in [2.05, 4.69) is 329 Å². The summed E-state index contributed by atoms with van der Waals surface area (Å²) in [7, 11) is 6.00. The largest absolute Gasteiger partial charge is 0.507 e. The first kappa shape index (κ1) is 93.4. The lowest BCUT2D eigenvalue weighted by atomic mass is 9.70. The van der Waals surface area contributed by atoms with Crippen molar-refractivity contribution in [3.63, 3.8) is 0 Å². The Bertz CT molecular complexity index is 4570. The molecule has 0 bridgehead atoms. The van der Waals surface area contributed by atoms with Gasteiger partial charge >= 0.3 is 0 Å². The van der Waals surface area contributed by atoms with Crippen LogP contribution in [0.3, 0.4) is 0 Å². The fraction of sp³-hybridized carbons (Fsp3) is 0.576. The van der Waals surface area contributed by atoms with Crippen LogP contribution in [0.1, 0.15) is 348 Å². The molecule has 0 saturated carbocycles. The summed E-state index contributed by atoms with van der Waals surface area (Å²) in [5.74, 6) is 4.19. The standard InChI is InChI=1S/C99H148N12O6/c1-88(2,3)64-40-58(41-65(76(64)112)89(4,5)6)52-100-82-103-83(101-53-59-42-66(90(7,8)9)77(113)67(43-59)91(10,11)12)105-84(104-82)102-54-60-44-68(92(13,14)15)80(116)74(45-60)98(31,32)38-39-99(33,34)75-51-63(50-73(81(75)117)97(28,29)30)57-111(37)87-107-85(109(35)55-61-46-69(93(16,17)18)78(114)70(47-61)94(19,20)21)106-86(108-87)110(36)56-62-48-71(95(22,23)24)79(115)72(49-62)96(25,26)27/h40-51,112-117H,38-39,52-57H2,1-37H3,(H3,100,101,102,103,104,105). The first-order chi connectivity index (χ1) is 53.0. The number of nitrogens with zero attached hydrogens (tertiary/aromatic N) is 9. The van der Waals surface area contributed by atoms with Gasteiger partial charge < -0.3 is 61.3 Å². The summed E-state index contributed by atoms with van der Waals surface area (Å²) < 4.78 is 0. The predicted molar refractivity (Wildman–Crippen MR) is 489 cm³/mol. The van der Waals surface area contributed by atoms with Crippen molar-refractivity contribution in [2.45, 2.75) is 352 Å². The number of nitrogens with one attached hydrogen (secondary N) is 3. The minimum Gasteiger partial charge on any atom is -0.507 e. The molecule has 8 rings (SSSR count). The summed E-state index contributed by atoms with van der Waals surface area (Å²) in [6.45, 7) is 74.7. The molecule has 2 heterocycles. The average Bonchev–Trinajstić information content (AvgIpc) is 0.788. The highest BCUT2D eigenvalue weighted by molar-refractivity contribution is 5.59. The van der Waals surface area contributed by atoms with Gasteiger partial charge in [0.05, 0.1) is 0 Å². The van der Waals surface area contributed by atoms with Crippen LogP contribution in [-0.2, 0) is 104 Å². The molecular formula is C99H148N12O6. The van der Waals surface area contributed by atoms with Crippen LogP contribution in [0.4, 0.5) is 35.7 Å². The second kappa shape index (κ2) is 32.9. The van der Waals surface area contributed by atoms with Gasteiger partial charge in [0.1, 0.15) is 34.5 Å². The maximum Gasteiger partial charge on any atom is 0.232 e. The number of benzene rings is 6. The molecule has 18 nitrogen and oxygen atoms in total. The van der Waals surface area contributed by atoms with Gasteiger partial charge in [0.2, 0.25) is 35.7 Å². The van der Waals surface area contributed by atoms with Gasteiger partial charge in [-0.25, -0.2) is 0 Å². The van der Waals surface area contributed by atoms with Crippen molar-refractivity contribution < 1.29 is 30.6 Å². The Morgan fingerprint density at radius 3 is 0.538 bits per heavy atom. The summed E-state index contributed by atoms with van der Waals surface area (Å²) in [5.41, 5.74) is 11.3. The second-order valence-corrected chi connectivity index (χ2v) is 45.2. The van der Waals surface area contributed by atoms with Gasteiger partial charge in [-0.15, -0.1) is 0 Å². The molecule has 18 heteroatoms. The molecule has 0 atom stereocenters. The van der Waals surface area contributed by atoms with Crippen LogP contribution < -0.4 is 30.7 Å². The van der Waals surface area contributed by atoms with Gasteiger partial charge in [-0.05, 0) is 240 Å². The zero-order chi connectivity index (χ0) is 88.6. The molecule has 640 valence electrons. The smallest absolute Gasteiger partial charge is 0.232 e.